The van der Waals surface area contributed by atoms with Gasteiger partial charge < -0.3 is 14.7 Å². The van der Waals surface area contributed by atoms with E-state index in [4.69, 9.17) is 4.74 Å². The number of aliphatic hydroxyl groups excluding tert-OH is 1. The molecule has 1 N–H and O–H groups in total. The quantitative estimate of drug-likeness (QED) is 0.640. The van der Waals surface area contributed by atoms with Crippen LogP contribution in [0, 0.1) is 11.8 Å². The van der Waals surface area contributed by atoms with Crippen molar-refractivity contribution >= 4 is 21.6 Å². The maximum atomic E-state index is 13.0. The van der Waals surface area contributed by atoms with Crippen molar-refractivity contribution in [2.75, 3.05) is 7.05 Å². The Kier molecular flexibility index (Phi) is 5.30. The average molecular weight is 436 g/mol. The van der Waals surface area contributed by atoms with E-state index in [1.54, 1.807) is 23.9 Å². The predicted octanol–water partition coefficient (Wildman–Crippen LogP) is 3.18. The van der Waals surface area contributed by atoms with Crippen molar-refractivity contribution in [2.24, 2.45) is 0 Å². The molecule has 6 nitrogen and oxygen atoms in total. The van der Waals surface area contributed by atoms with E-state index in [1.807, 2.05) is 24.3 Å². The second-order valence-corrected chi connectivity index (χ2v) is 9.50. The van der Waals surface area contributed by atoms with E-state index in [0.29, 0.717) is 27.2 Å². The van der Waals surface area contributed by atoms with Crippen LogP contribution < -0.4 is 10.3 Å². The lowest BCUT2D eigenvalue weighted by molar-refractivity contribution is 0.0662. The predicted molar refractivity (Wildman–Crippen MR) is 122 cm³/mol. The van der Waals surface area contributed by atoms with Crippen LogP contribution in [-0.4, -0.2) is 50.9 Å². The molecular weight excluding hydrogens is 410 g/mol. The van der Waals surface area contributed by atoms with E-state index in [2.05, 4.69) is 28.8 Å². The Morgan fingerprint density at radius 3 is 2.61 bits per heavy atom. The SMILES string of the molecule is CC(O)C#Cc1cc2ncn(-c3ccc(OC4C[C@H]5CC[C@@H](C4)N5C)cc3)c(=O)c2s1. The van der Waals surface area contributed by atoms with Crippen LogP contribution in [0.1, 0.15) is 37.5 Å². The van der Waals surface area contributed by atoms with Gasteiger partial charge in [-0.2, -0.15) is 0 Å². The van der Waals surface area contributed by atoms with Crippen LogP contribution in [0.15, 0.2) is 41.5 Å². The highest BCUT2D eigenvalue weighted by Gasteiger charge is 2.39. The van der Waals surface area contributed by atoms with Gasteiger partial charge in [0.2, 0.25) is 0 Å². The van der Waals surface area contributed by atoms with Crippen molar-refractivity contribution in [3.8, 4) is 23.3 Å². The maximum Gasteiger partial charge on any atom is 0.275 e. The van der Waals surface area contributed by atoms with E-state index < -0.39 is 6.10 Å². The zero-order valence-electron chi connectivity index (χ0n) is 17.6. The number of rotatable bonds is 3. The fourth-order valence-corrected chi connectivity index (χ4v) is 5.57. The maximum absolute atomic E-state index is 13.0. The molecule has 0 amide bonds. The number of ether oxygens (including phenoxy) is 1. The van der Waals surface area contributed by atoms with Crippen molar-refractivity contribution in [1.29, 1.82) is 0 Å². The van der Waals surface area contributed by atoms with Crippen LogP contribution in [0.2, 0.25) is 0 Å². The number of piperidine rings is 1. The highest BCUT2D eigenvalue weighted by Crippen LogP contribution is 2.36. The number of thiophene rings is 1. The van der Waals surface area contributed by atoms with E-state index in [-0.39, 0.29) is 11.7 Å². The first-order chi connectivity index (χ1) is 15.0. The lowest BCUT2D eigenvalue weighted by atomic mass is 10.0. The molecule has 2 aliphatic rings. The summed E-state index contributed by atoms with van der Waals surface area (Å²) in [4.78, 5) is 20.6. The van der Waals surface area contributed by atoms with Crippen molar-refractivity contribution in [3.05, 3.63) is 51.9 Å². The van der Waals surface area contributed by atoms with Gasteiger partial charge in [0.15, 0.2) is 0 Å². The number of benzene rings is 1. The molecule has 31 heavy (non-hydrogen) atoms. The van der Waals surface area contributed by atoms with Gasteiger partial charge >= 0.3 is 0 Å². The first-order valence-electron chi connectivity index (χ1n) is 10.7. The summed E-state index contributed by atoms with van der Waals surface area (Å²) in [5.41, 5.74) is 1.25. The first-order valence-corrected chi connectivity index (χ1v) is 11.5. The second-order valence-electron chi connectivity index (χ2n) is 8.45. The lowest BCUT2D eigenvalue weighted by Gasteiger charge is -2.36. The number of hydrogen-bond donors (Lipinski definition) is 1. The topological polar surface area (TPSA) is 67.6 Å². The highest BCUT2D eigenvalue weighted by molar-refractivity contribution is 7.19. The molecule has 2 unspecified atom stereocenters. The molecule has 5 rings (SSSR count). The number of hydrogen-bond acceptors (Lipinski definition) is 6. The molecular formula is C24H25N3O3S. The Morgan fingerprint density at radius 2 is 1.94 bits per heavy atom. The summed E-state index contributed by atoms with van der Waals surface area (Å²) >= 11 is 1.30. The normalized spacial score (nSPS) is 24.0. The van der Waals surface area contributed by atoms with Crippen LogP contribution in [-0.2, 0) is 0 Å². The summed E-state index contributed by atoms with van der Waals surface area (Å²) in [5, 5.41) is 9.34. The molecule has 4 heterocycles. The largest absolute Gasteiger partial charge is 0.490 e. The zero-order valence-corrected chi connectivity index (χ0v) is 18.4. The fraction of sp³-hybridized carbons (Fsp3) is 0.417. The molecule has 2 aliphatic heterocycles. The summed E-state index contributed by atoms with van der Waals surface area (Å²) in [5.74, 6) is 6.43. The number of aromatic nitrogens is 2. The Balaban J connectivity index is 1.35. The fourth-order valence-electron chi connectivity index (χ4n) is 4.67. The smallest absolute Gasteiger partial charge is 0.275 e. The molecule has 1 aromatic carbocycles. The summed E-state index contributed by atoms with van der Waals surface area (Å²) in [7, 11) is 2.23. The number of fused-ring (bicyclic) bond motifs is 3. The summed E-state index contributed by atoms with van der Waals surface area (Å²) in [6.07, 6.45) is 5.79. The minimum atomic E-state index is -0.708. The highest BCUT2D eigenvalue weighted by atomic mass is 32.1. The van der Waals surface area contributed by atoms with Gasteiger partial charge in [0, 0.05) is 12.1 Å². The van der Waals surface area contributed by atoms with Crippen LogP contribution in [0.3, 0.4) is 0 Å². The monoisotopic (exact) mass is 435 g/mol. The second kappa shape index (κ2) is 8.12. The standard InChI is InChI=1S/C24H25N3O3S/c1-15(28)3-10-21-13-22-23(31-21)24(29)27(14-25-22)16-6-8-19(9-7-16)30-20-11-17-4-5-18(12-20)26(17)2/h6-9,13-15,17-18,20,28H,4-5,11-12H2,1-2H3/t15?,17-,18+,20?. The molecule has 2 fully saturated rings. The summed E-state index contributed by atoms with van der Waals surface area (Å²) in [6.45, 7) is 1.61. The van der Waals surface area contributed by atoms with Gasteiger partial charge in [0.25, 0.3) is 5.56 Å². The molecule has 0 saturated carbocycles. The third-order valence-corrected chi connectivity index (χ3v) is 7.34. The summed E-state index contributed by atoms with van der Waals surface area (Å²) < 4.78 is 8.36. The first kappa shape index (κ1) is 20.3. The molecule has 2 aromatic heterocycles. The van der Waals surface area contributed by atoms with Crippen LogP contribution in [0.4, 0.5) is 0 Å². The molecule has 2 saturated heterocycles. The number of nitrogens with zero attached hydrogens (tertiary/aromatic N) is 3. The van der Waals surface area contributed by atoms with Crippen LogP contribution in [0.25, 0.3) is 15.9 Å². The van der Waals surface area contributed by atoms with E-state index in [1.165, 1.54) is 24.2 Å². The number of aliphatic hydroxyl groups is 1. The molecule has 4 atom stereocenters. The van der Waals surface area contributed by atoms with Crippen molar-refractivity contribution < 1.29 is 9.84 Å². The Bertz CT molecular complexity index is 1200. The molecule has 0 spiro atoms. The van der Waals surface area contributed by atoms with Crippen LogP contribution in [0.5, 0.6) is 5.75 Å². The van der Waals surface area contributed by atoms with Crippen LogP contribution >= 0.6 is 11.3 Å². The Labute approximate surface area is 185 Å². The van der Waals surface area contributed by atoms with E-state index in [0.717, 1.165) is 24.3 Å². The van der Waals surface area contributed by atoms with Gasteiger partial charge in [0.05, 0.1) is 16.1 Å². The van der Waals surface area contributed by atoms with Gasteiger partial charge in [-0.1, -0.05) is 11.8 Å². The van der Waals surface area contributed by atoms with Crippen molar-refractivity contribution in [1.82, 2.24) is 14.5 Å². The molecule has 3 aromatic rings. The Hall–Kier alpha value is -2.66. The minimum absolute atomic E-state index is 0.124. The summed E-state index contributed by atoms with van der Waals surface area (Å²) in [6, 6.07) is 10.7. The third kappa shape index (κ3) is 3.99. The average Bonchev–Trinajstić information content (AvgIpc) is 3.25. The van der Waals surface area contributed by atoms with Crippen molar-refractivity contribution in [2.45, 2.75) is 56.9 Å². The van der Waals surface area contributed by atoms with Crippen molar-refractivity contribution in [3.63, 3.8) is 0 Å². The molecule has 0 radical (unpaired) electrons. The Morgan fingerprint density at radius 1 is 1.23 bits per heavy atom. The molecule has 160 valence electrons. The van der Waals surface area contributed by atoms with E-state index >= 15 is 0 Å². The molecule has 2 bridgehead atoms. The lowest BCUT2D eigenvalue weighted by Crippen LogP contribution is -2.43. The third-order valence-electron chi connectivity index (χ3n) is 6.31. The minimum Gasteiger partial charge on any atom is -0.490 e. The van der Waals surface area contributed by atoms with Gasteiger partial charge in [-0.25, -0.2) is 4.98 Å². The van der Waals surface area contributed by atoms with Gasteiger partial charge in [-0.15, -0.1) is 11.3 Å². The van der Waals surface area contributed by atoms with Gasteiger partial charge in [0.1, 0.15) is 29.0 Å². The molecule has 0 aliphatic carbocycles. The van der Waals surface area contributed by atoms with Gasteiger partial charge in [-0.3, -0.25) is 9.36 Å². The molecule has 7 heteroatoms. The zero-order chi connectivity index (χ0) is 21.5. The van der Waals surface area contributed by atoms with Gasteiger partial charge in [-0.05, 0) is 70.0 Å². The van der Waals surface area contributed by atoms with E-state index in [9.17, 15) is 9.90 Å².